The van der Waals surface area contributed by atoms with E-state index in [4.69, 9.17) is 17.2 Å². The van der Waals surface area contributed by atoms with E-state index in [0.717, 1.165) is 17.0 Å². The first-order valence-corrected chi connectivity index (χ1v) is 5.22. The summed E-state index contributed by atoms with van der Waals surface area (Å²) in [6.45, 7) is -1.09. The maximum atomic E-state index is 13.5. The van der Waals surface area contributed by atoms with E-state index in [0.29, 0.717) is 0 Å². The minimum absolute atomic E-state index is 0.169. The molecule has 0 aliphatic heterocycles. The number of anilines is 1. The molecule has 0 aromatic heterocycles. The van der Waals surface area contributed by atoms with Crippen LogP contribution >= 0.6 is 0 Å². The van der Waals surface area contributed by atoms with Gasteiger partial charge in [-0.1, -0.05) is 0 Å². The highest BCUT2D eigenvalue weighted by Gasteiger charge is 2.22. The normalized spacial score (nSPS) is 9.95. The number of primary amides is 2. The largest absolute Gasteiger partial charge is 0.399 e. The second-order valence-corrected chi connectivity index (χ2v) is 3.83. The number of halogens is 1. The van der Waals surface area contributed by atoms with Crippen LogP contribution in [0.3, 0.4) is 0 Å². The van der Waals surface area contributed by atoms with Gasteiger partial charge in [0, 0.05) is 5.69 Å². The number of amides is 3. The average molecular weight is 268 g/mol. The lowest BCUT2D eigenvalue weighted by atomic mass is 10.1. The Morgan fingerprint density at radius 1 is 1.11 bits per heavy atom. The third-order valence-electron chi connectivity index (χ3n) is 2.20. The zero-order valence-corrected chi connectivity index (χ0v) is 9.93. The van der Waals surface area contributed by atoms with Crippen LogP contribution in [-0.4, -0.2) is 35.7 Å². The minimum Gasteiger partial charge on any atom is -0.399 e. The van der Waals surface area contributed by atoms with Crippen LogP contribution in [0.5, 0.6) is 0 Å². The highest BCUT2D eigenvalue weighted by Crippen LogP contribution is 2.14. The van der Waals surface area contributed by atoms with Crippen molar-refractivity contribution in [3.05, 3.63) is 29.6 Å². The van der Waals surface area contributed by atoms with Crippen LogP contribution in [0.15, 0.2) is 18.2 Å². The predicted octanol–water partition coefficient (Wildman–Crippen LogP) is -1.18. The molecule has 0 radical (unpaired) electrons. The Kier molecular flexibility index (Phi) is 4.41. The summed E-state index contributed by atoms with van der Waals surface area (Å²) in [5.41, 5.74) is 15.2. The average Bonchev–Trinajstić information content (AvgIpc) is 2.29. The Balaban J connectivity index is 3.07. The van der Waals surface area contributed by atoms with Crippen molar-refractivity contribution in [3.63, 3.8) is 0 Å². The van der Waals surface area contributed by atoms with Gasteiger partial charge in [-0.25, -0.2) is 4.39 Å². The number of rotatable bonds is 5. The number of nitrogen functional groups attached to an aromatic ring is 1. The Morgan fingerprint density at radius 3 is 2.11 bits per heavy atom. The molecule has 1 rings (SSSR count). The first-order chi connectivity index (χ1) is 8.81. The van der Waals surface area contributed by atoms with E-state index >= 15 is 0 Å². The van der Waals surface area contributed by atoms with Crippen molar-refractivity contribution in [1.29, 1.82) is 0 Å². The molecule has 7 nitrogen and oxygen atoms in total. The van der Waals surface area contributed by atoms with Crippen LogP contribution in [0.4, 0.5) is 10.1 Å². The molecule has 8 heteroatoms. The first kappa shape index (κ1) is 14.4. The van der Waals surface area contributed by atoms with Gasteiger partial charge in [-0.05, 0) is 18.2 Å². The summed E-state index contributed by atoms with van der Waals surface area (Å²) in [6, 6.07) is 3.39. The highest BCUT2D eigenvalue weighted by atomic mass is 19.1. The molecule has 0 saturated heterocycles. The smallest absolute Gasteiger partial charge is 0.257 e. The number of hydrogen-bond donors (Lipinski definition) is 3. The Morgan fingerprint density at radius 2 is 1.63 bits per heavy atom. The van der Waals surface area contributed by atoms with Crippen LogP contribution in [0.25, 0.3) is 0 Å². The second kappa shape index (κ2) is 5.80. The van der Waals surface area contributed by atoms with E-state index in [-0.39, 0.29) is 11.3 Å². The van der Waals surface area contributed by atoms with Crippen LogP contribution in [0, 0.1) is 5.82 Å². The Labute approximate surface area is 108 Å². The quantitative estimate of drug-likeness (QED) is 0.580. The molecule has 1 aromatic rings. The van der Waals surface area contributed by atoms with Gasteiger partial charge in [-0.3, -0.25) is 14.4 Å². The maximum Gasteiger partial charge on any atom is 0.257 e. The van der Waals surface area contributed by atoms with Crippen molar-refractivity contribution in [2.75, 3.05) is 18.8 Å². The standard InChI is InChI=1S/C11H13FN4O3/c12-8-2-1-6(13)3-7(8)11(19)16(4-9(14)17)5-10(15)18/h1-3H,4-5,13H2,(H2,14,17)(H2,15,18). The van der Waals surface area contributed by atoms with E-state index < -0.39 is 36.6 Å². The fraction of sp³-hybridized carbons (Fsp3) is 0.182. The number of carbonyl (C=O) groups is 3. The molecule has 3 amide bonds. The van der Waals surface area contributed by atoms with E-state index in [1.165, 1.54) is 6.07 Å². The summed E-state index contributed by atoms with van der Waals surface area (Å²) in [5.74, 6) is -3.40. The van der Waals surface area contributed by atoms with Gasteiger partial charge in [-0.15, -0.1) is 0 Å². The van der Waals surface area contributed by atoms with Gasteiger partial charge in [0.05, 0.1) is 5.56 Å². The summed E-state index contributed by atoms with van der Waals surface area (Å²) in [4.78, 5) is 34.4. The summed E-state index contributed by atoms with van der Waals surface area (Å²) < 4.78 is 13.5. The van der Waals surface area contributed by atoms with Crippen LogP contribution in [-0.2, 0) is 9.59 Å². The molecular formula is C11H13FN4O3. The van der Waals surface area contributed by atoms with Gasteiger partial charge in [-0.2, -0.15) is 0 Å². The lowest BCUT2D eigenvalue weighted by Crippen LogP contribution is -2.43. The van der Waals surface area contributed by atoms with Crippen molar-refractivity contribution < 1.29 is 18.8 Å². The number of benzene rings is 1. The fourth-order valence-corrected chi connectivity index (χ4v) is 1.45. The molecule has 0 saturated carbocycles. The Hall–Kier alpha value is -2.64. The van der Waals surface area contributed by atoms with Gasteiger partial charge in [0.25, 0.3) is 5.91 Å². The van der Waals surface area contributed by atoms with Crippen molar-refractivity contribution in [2.45, 2.75) is 0 Å². The number of nitrogens with two attached hydrogens (primary N) is 3. The van der Waals surface area contributed by atoms with Crippen LogP contribution in [0.1, 0.15) is 10.4 Å². The van der Waals surface area contributed by atoms with Crippen molar-refractivity contribution in [2.24, 2.45) is 11.5 Å². The van der Waals surface area contributed by atoms with Gasteiger partial charge >= 0.3 is 0 Å². The molecule has 0 aliphatic rings. The lowest BCUT2D eigenvalue weighted by Gasteiger charge is -2.19. The molecule has 0 unspecified atom stereocenters. The van der Waals surface area contributed by atoms with E-state index in [2.05, 4.69) is 0 Å². The summed E-state index contributed by atoms with van der Waals surface area (Å²) in [7, 11) is 0. The molecular weight excluding hydrogens is 255 g/mol. The van der Waals surface area contributed by atoms with E-state index in [1.807, 2.05) is 0 Å². The lowest BCUT2D eigenvalue weighted by molar-refractivity contribution is -0.121. The summed E-state index contributed by atoms with van der Waals surface area (Å²) >= 11 is 0. The maximum absolute atomic E-state index is 13.5. The van der Waals surface area contributed by atoms with Gasteiger partial charge in [0.15, 0.2) is 0 Å². The highest BCUT2D eigenvalue weighted by molar-refractivity contribution is 5.99. The van der Waals surface area contributed by atoms with Crippen molar-refractivity contribution >= 4 is 23.4 Å². The summed E-state index contributed by atoms with van der Waals surface area (Å²) in [5, 5.41) is 0. The molecule has 0 fully saturated rings. The molecule has 1 aromatic carbocycles. The zero-order valence-electron chi connectivity index (χ0n) is 9.93. The van der Waals surface area contributed by atoms with Crippen LogP contribution in [0.2, 0.25) is 0 Å². The Bertz CT molecular complexity index is 517. The number of hydrogen-bond acceptors (Lipinski definition) is 4. The SMILES string of the molecule is NC(=O)CN(CC(N)=O)C(=O)c1cc(N)ccc1F. The topological polar surface area (TPSA) is 133 Å². The molecule has 0 atom stereocenters. The van der Waals surface area contributed by atoms with Gasteiger partial charge in [0.1, 0.15) is 18.9 Å². The minimum atomic E-state index is -0.887. The zero-order chi connectivity index (χ0) is 14.6. The molecule has 0 aliphatic carbocycles. The third-order valence-corrected chi connectivity index (χ3v) is 2.20. The van der Waals surface area contributed by atoms with Gasteiger partial charge in [0.2, 0.25) is 11.8 Å². The predicted molar refractivity (Wildman–Crippen MR) is 65.1 cm³/mol. The second-order valence-electron chi connectivity index (χ2n) is 3.83. The van der Waals surface area contributed by atoms with E-state index in [1.54, 1.807) is 0 Å². The number of carbonyl (C=O) groups excluding carboxylic acids is 3. The van der Waals surface area contributed by atoms with E-state index in [9.17, 15) is 18.8 Å². The van der Waals surface area contributed by atoms with Crippen molar-refractivity contribution in [1.82, 2.24) is 4.90 Å². The molecule has 19 heavy (non-hydrogen) atoms. The van der Waals surface area contributed by atoms with Crippen LogP contribution < -0.4 is 17.2 Å². The molecule has 0 spiro atoms. The molecule has 0 heterocycles. The first-order valence-electron chi connectivity index (χ1n) is 5.22. The number of nitrogens with zero attached hydrogens (tertiary/aromatic N) is 1. The molecule has 6 N–H and O–H groups in total. The monoisotopic (exact) mass is 268 g/mol. The third kappa shape index (κ3) is 3.95. The molecule has 102 valence electrons. The summed E-state index contributed by atoms with van der Waals surface area (Å²) in [6.07, 6.45) is 0. The molecule has 0 bridgehead atoms. The van der Waals surface area contributed by atoms with Gasteiger partial charge < -0.3 is 22.1 Å². The van der Waals surface area contributed by atoms with Crippen molar-refractivity contribution in [3.8, 4) is 0 Å². The fourth-order valence-electron chi connectivity index (χ4n) is 1.45.